The van der Waals surface area contributed by atoms with E-state index >= 15 is 0 Å². The summed E-state index contributed by atoms with van der Waals surface area (Å²) < 4.78 is 0. The monoisotopic (exact) mass is 233 g/mol. The van der Waals surface area contributed by atoms with E-state index in [-0.39, 0.29) is 16.9 Å². The molecule has 1 aromatic rings. The maximum Gasteiger partial charge on any atom is 0.157 e. The summed E-state index contributed by atoms with van der Waals surface area (Å²) in [7, 11) is 0. The van der Waals surface area contributed by atoms with Gasteiger partial charge in [0.05, 0.1) is 0 Å². The number of nitrogens with one attached hydrogen (secondary N) is 1. The minimum absolute atomic E-state index is 0.0136. The van der Waals surface area contributed by atoms with E-state index in [1.807, 2.05) is 6.07 Å². The van der Waals surface area contributed by atoms with Crippen LogP contribution in [0.2, 0.25) is 0 Å². The highest BCUT2D eigenvalue weighted by Gasteiger charge is 2.46. The van der Waals surface area contributed by atoms with Gasteiger partial charge >= 0.3 is 0 Å². The topological polar surface area (TPSA) is 52.5 Å². The van der Waals surface area contributed by atoms with Crippen LogP contribution < -0.4 is 5.32 Å². The second-order valence-corrected chi connectivity index (χ2v) is 5.40. The van der Waals surface area contributed by atoms with Gasteiger partial charge in [-0.2, -0.15) is 0 Å². The Hall–Kier alpha value is -1.22. The fourth-order valence-corrected chi connectivity index (χ4v) is 3.45. The van der Waals surface area contributed by atoms with Crippen LogP contribution in [0, 0.1) is 5.92 Å². The lowest BCUT2D eigenvalue weighted by atomic mass is 9.57. The first-order valence-electron chi connectivity index (χ1n) is 6.45. The molecule has 1 aliphatic heterocycles. The zero-order valence-corrected chi connectivity index (χ0v) is 9.95. The van der Waals surface area contributed by atoms with E-state index in [0.29, 0.717) is 5.92 Å². The zero-order chi connectivity index (χ0) is 11.9. The molecule has 0 radical (unpaired) electrons. The number of phenolic OH excluding ortho intramolecular Hbond substituents is 2. The van der Waals surface area contributed by atoms with Crippen molar-refractivity contribution in [1.29, 1.82) is 0 Å². The van der Waals surface area contributed by atoms with Gasteiger partial charge in [-0.25, -0.2) is 0 Å². The van der Waals surface area contributed by atoms with Crippen molar-refractivity contribution in [2.45, 2.75) is 31.1 Å². The van der Waals surface area contributed by atoms with Crippen molar-refractivity contribution in [1.82, 2.24) is 5.32 Å². The summed E-state index contributed by atoms with van der Waals surface area (Å²) in [6.07, 6.45) is 4.92. The number of rotatable bonds is 2. The van der Waals surface area contributed by atoms with Gasteiger partial charge in [0.2, 0.25) is 0 Å². The molecule has 1 unspecified atom stereocenters. The number of phenols is 2. The molecule has 3 rings (SSSR count). The van der Waals surface area contributed by atoms with Crippen molar-refractivity contribution in [3.8, 4) is 11.5 Å². The first-order chi connectivity index (χ1) is 8.22. The van der Waals surface area contributed by atoms with E-state index in [1.165, 1.54) is 31.2 Å². The lowest BCUT2D eigenvalue weighted by molar-refractivity contribution is 0.156. The molecule has 0 amide bonds. The number of hydrogen-bond acceptors (Lipinski definition) is 3. The van der Waals surface area contributed by atoms with Crippen LogP contribution in [0.5, 0.6) is 11.5 Å². The van der Waals surface area contributed by atoms with Gasteiger partial charge in [-0.05, 0) is 61.4 Å². The minimum Gasteiger partial charge on any atom is -0.504 e. The zero-order valence-electron chi connectivity index (χ0n) is 9.95. The summed E-state index contributed by atoms with van der Waals surface area (Å²) in [5.74, 6) is 0.674. The average Bonchev–Trinajstić information content (AvgIpc) is 2.75. The Bertz CT molecular complexity index is 420. The maximum absolute atomic E-state index is 9.66. The summed E-state index contributed by atoms with van der Waals surface area (Å²) in [4.78, 5) is 0. The van der Waals surface area contributed by atoms with Crippen LogP contribution in [0.15, 0.2) is 18.2 Å². The number of benzene rings is 1. The Labute approximate surface area is 101 Å². The average molecular weight is 233 g/mol. The normalized spacial score (nSPS) is 26.7. The van der Waals surface area contributed by atoms with Crippen LogP contribution >= 0.6 is 0 Å². The molecule has 0 spiro atoms. The summed E-state index contributed by atoms with van der Waals surface area (Å²) in [6.45, 7) is 2.19. The quantitative estimate of drug-likeness (QED) is 0.686. The molecular formula is C14H19NO2. The Morgan fingerprint density at radius 1 is 1.18 bits per heavy atom. The van der Waals surface area contributed by atoms with Crippen LogP contribution in [0.3, 0.4) is 0 Å². The molecule has 3 heteroatoms. The third-order valence-corrected chi connectivity index (χ3v) is 4.64. The molecule has 2 aliphatic rings. The number of hydrogen-bond donors (Lipinski definition) is 3. The second-order valence-electron chi connectivity index (χ2n) is 5.40. The lowest BCUT2D eigenvalue weighted by Gasteiger charge is -2.47. The van der Waals surface area contributed by atoms with Crippen LogP contribution in [0.1, 0.15) is 31.2 Å². The summed E-state index contributed by atoms with van der Waals surface area (Å²) >= 11 is 0. The standard InChI is InChI=1S/C14H19NO2/c16-12-3-2-10(8-13(12)17)14(5-1-6-14)11-4-7-15-9-11/h2-3,8,11,15-17H,1,4-7,9H2. The number of aromatic hydroxyl groups is 2. The van der Waals surface area contributed by atoms with Crippen molar-refractivity contribution < 1.29 is 10.2 Å². The Balaban J connectivity index is 1.96. The van der Waals surface area contributed by atoms with Crippen molar-refractivity contribution in [3.05, 3.63) is 23.8 Å². The minimum atomic E-state index is -0.0206. The maximum atomic E-state index is 9.66. The fraction of sp³-hybridized carbons (Fsp3) is 0.571. The first kappa shape index (κ1) is 10.9. The van der Waals surface area contributed by atoms with Crippen molar-refractivity contribution in [2.24, 2.45) is 5.92 Å². The molecule has 1 aliphatic carbocycles. The Morgan fingerprint density at radius 2 is 2.00 bits per heavy atom. The van der Waals surface area contributed by atoms with E-state index in [2.05, 4.69) is 5.32 Å². The molecule has 3 nitrogen and oxygen atoms in total. The van der Waals surface area contributed by atoms with Gasteiger partial charge in [-0.1, -0.05) is 12.5 Å². The van der Waals surface area contributed by atoms with Crippen LogP contribution in [0.25, 0.3) is 0 Å². The predicted molar refractivity (Wildman–Crippen MR) is 66.3 cm³/mol. The largest absolute Gasteiger partial charge is 0.504 e. The molecule has 1 atom stereocenters. The fourth-order valence-electron chi connectivity index (χ4n) is 3.45. The van der Waals surface area contributed by atoms with E-state index in [1.54, 1.807) is 12.1 Å². The Morgan fingerprint density at radius 3 is 2.53 bits per heavy atom. The van der Waals surface area contributed by atoms with Crippen LogP contribution in [0.4, 0.5) is 0 Å². The Kier molecular flexibility index (Phi) is 2.51. The van der Waals surface area contributed by atoms with Gasteiger partial charge in [-0.3, -0.25) is 0 Å². The highest BCUT2D eigenvalue weighted by atomic mass is 16.3. The highest BCUT2D eigenvalue weighted by Crippen LogP contribution is 2.52. The molecular weight excluding hydrogens is 214 g/mol. The molecule has 1 heterocycles. The first-order valence-corrected chi connectivity index (χ1v) is 6.45. The van der Waals surface area contributed by atoms with Crippen LogP contribution in [-0.2, 0) is 5.41 Å². The molecule has 0 bridgehead atoms. The van der Waals surface area contributed by atoms with E-state index in [4.69, 9.17) is 0 Å². The van der Waals surface area contributed by atoms with Gasteiger partial charge < -0.3 is 15.5 Å². The van der Waals surface area contributed by atoms with Crippen molar-refractivity contribution in [2.75, 3.05) is 13.1 Å². The summed E-state index contributed by atoms with van der Waals surface area (Å²) in [6, 6.07) is 5.35. The van der Waals surface area contributed by atoms with E-state index in [0.717, 1.165) is 13.1 Å². The molecule has 17 heavy (non-hydrogen) atoms. The second kappa shape index (κ2) is 3.91. The van der Waals surface area contributed by atoms with Crippen molar-refractivity contribution in [3.63, 3.8) is 0 Å². The van der Waals surface area contributed by atoms with E-state index in [9.17, 15) is 10.2 Å². The van der Waals surface area contributed by atoms with Crippen LogP contribution in [-0.4, -0.2) is 23.3 Å². The molecule has 1 saturated carbocycles. The molecule has 92 valence electrons. The molecule has 2 fully saturated rings. The van der Waals surface area contributed by atoms with Gasteiger partial charge in [-0.15, -0.1) is 0 Å². The van der Waals surface area contributed by atoms with Gasteiger partial charge in [0, 0.05) is 0 Å². The van der Waals surface area contributed by atoms with Gasteiger partial charge in [0.15, 0.2) is 11.5 Å². The highest BCUT2D eigenvalue weighted by molar-refractivity contribution is 5.44. The van der Waals surface area contributed by atoms with Gasteiger partial charge in [0.1, 0.15) is 0 Å². The lowest BCUT2D eigenvalue weighted by Crippen LogP contribution is -2.42. The third kappa shape index (κ3) is 1.61. The molecule has 0 aromatic heterocycles. The smallest absolute Gasteiger partial charge is 0.157 e. The summed E-state index contributed by atoms with van der Waals surface area (Å²) in [5, 5.41) is 22.5. The van der Waals surface area contributed by atoms with Gasteiger partial charge in [0.25, 0.3) is 0 Å². The van der Waals surface area contributed by atoms with E-state index < -0.39 is 0 Å². The summed E-state index contributed by atoms with van der Waals surface area (Å²) in [5.41, 5.74) is 1.45. The molecule has 1 saturated heterocycles. The predicted octanol–water partition coefficient (Wildman–Crippen LogP) is 2.13. The molecule has 1 aromatic carbocycles. The third-order valence-electron chi connectivity index (χ3n) is 4.64. The van der Waals surface area contributed by atoms with Crippen molar-refractivity contribution >= 4 is 0 Å². The SMILES string of the molecule is Oc1ccc(C2(C3CCNC3)CCC2)cc1O. The molecule has 3 N–H and O–H groups in total.